The zero-order valence-corrected chi connectivity index (χ0v) is 25.1. The van der Waals surface area contributed by atoms with E-state index < -0.39 is 23.0 Å². The van der Waals surface area contributed by atoms with Crippen molar-refractivity contribution in [3.05, 3.63) is 107 Å². The molecule has 1 fully saturated rings. The van der Waals surface area contributed by atoms with Crippen molar-refractivity contribution in [3.8, 4) is 0 Å². The maximum absolute atomic E-state index is 13.9. The average Bonchev–Trinajstić information content (AvgIpc) is 3.38. The molecule has 3 atom stereocenters. The highest BCUT2D eigenvalue weighted by molar-refractivity contribution is 9.10. The summed E-state index contributed by atoms with van der Waals surface area (Å²) in [5.41, 5.74) is 1.75. The fourth-order valence-corrected chi connectivity index (χ4v) is 8.37. The zero-order valence-electron chi connectivity index (χ0n) is 20.3. The third kappa shape index (κ3) is 4.81. The van der Waals surface area contributed by atoms with E-state index >= 15 is 0 Å². The summed E-state index contributed by atoms with van der Waals surface area (Å²) < 4.78 is 2.21. The van der Waals surface area contributed by atoms with Crippen molar-refractivity contribution >= 4 is 91.3 Å². The van der Waals surface area contributed by atoms with Gasteiger partial charge in [0.1, 0.15) is 11.8 Å². The Morgan fingerprint density at radius 3 is 2.35 bits per heavy atom. The van der Waals surface area contributed by atoms with Crippen LogP contribution in [0, 0.1) is 5.92 Å². The van der Waals surface area contributed by atoms with Crippen molar-refractivity contribution in [2.45, 2.75) is 22.7 Å². The molecule has 0 spiro atoms. The summed E-state index contributed by atoms with van der Waals surface area (Å²) in [6.07, 6.45) is 0. The summed E-state index contributed by atoms with van der Waals surface area (Å²) in [7, 11) is 0. The van der Waals surface area contributed by atoms with E-state index in [0.717, 1.165) is 21.4 Å². The van der Waals surface area contributed by atoms with Gasteiger partial charge in [0.05, 0.1) is 26.7 Å². The summed E-state index contributed by atoms with van der Waals surface area (Å²) in [5, 5.41) is 3.15. The van der Waals surface area contributed by atoms with Gasteiger partial charge in [-0.2, -0.15) is 0 Å². The molecule has 0 bridgehead atoms. The first-order valence-electron chi connectivity index (χ1n) is 12.1. The van der Waals surface area contributed by atoms with Gasteiger partial charge in [-0.05, 0) is 48.0 Å². The summed E-state index contributed by atoms with van der Waals surface area (Å²) in [6.45, 7) is -0.268. The predicted octanol–water partition coefficient (Wildman–Crippen LogP) is 6.41. The van der Waals surface area contributed by atoms with Crippen molar-refractivity contribution in [3.63, 3.8) is 0 Å². The van der Waals surface area contributed by atoms with Crippen LogP contribution in [0.15, 0.2) is 87.1 Å². The maximum atomic E-state index is 13.9. The van der Waals surface area contributed by atoms with Gasteiger partial charge in [0, 0.05) is 21.0 Å². The van der Waals surface area contributed by atoms with Crippen molar-refractivity contribution in [2.75, 3.05) is 10.2 Å². The lowest BCUT2D eigenvalue weighted by atomic mass is 9.83. The molecule has 202 valence electrons. The van der Waals surface area contributed by atoms with Crippen molar-refractivity contribution < 1.29 is 14.4 Å². The van der Waals surface area contributed by atoms with Crippen LogP contribution in [0.3, 0.4) is 0 Å². The van der Waals surface area contributed by atoms with E-state index in [9.17, 15) is 19.2 Å². The highest BCUT2D eigenvalue weighted by Crippen LogP contribution is 2.53. The SMILES string of the molecule is O=C(Cn1c2c(sc1=O)[C@@H](c1ccccc1)[C@@H]1C(=O)N(c3ccc(Br)cc3)C(=O)[C@@H]1S2)Nc1ccc(Cl)c(Cl)c1. The Hall–Kier alpha value is -2.89. The van der Waals surface area contributed by atoms with E-state index in [2.05, 4.69) is 21.2 Å². The van der Waals surface area contributed by atoms with Crippen molar-refractivity contribution in [2.24, 2.45) is 5.92 Å². The molecule has 1 aromatic heterocycles. The van der Waals surface area contributed by atoms with Gasteiger partial charge in [-0.1, -0.05) is 92.6 Å². The fourth-order valence-electron chi connectivity index (χ4n) is 5.04. The van der Waals surface area contributed by atoms with Crippen molar-refractivity contribution in [1.82, 2.24) is 4.57 Å². The van der Waals surface area contributed by atoms with E-state index in [1.807, 2.05) is 30.3 Å². The largest absolute Gasteiger partial charge is 0.324 e. The molecule has 1 N–H and O–H groups in total. The topological polar surface area (TPSA) is 88.5 Å². The molecule has 0 unspecified atom stereocenters. The van der Waals surface area contributed by atoms with Crippen molar-refractivity contribution in [1.29, 1.82) is 0 Å². The lowest BCUT2D eigenvalue weighted by molar-refractivity contribution is -0.122. The molecule has 4 aromatic rings. The van der Waals surface area contributed by atoms with Crippen LogP contribution in [0.5, 0.6) is 0 Å². The lowest BCUT2D eigenvalue weighted by Crippen LogP contribution is -2.33. The number of benzene rings is 3. The number of carbonyl (C=O) groups excluding carboxylic acids is 3. The van der Waals surface area contributed by atoms with E-state index in [-0.39, 0.29) is 28.3 Å². The molecular formula is C28H18BrCl2N3O4S2. The molecule has 6 rings (SSSR count). The minimum Gasteiger partial charge on any atom is -0.324 e. The third-order valence-electron chi connectivity index (χ3n) is 6.80. The zero-order chi connectivity index (χ0) is 28.1. The van der Waals surface area contributed by atoms with Crippen LogP contribution in [0.2, 0.25) is 10.0 Å². The van der Waals surface area contributed by atoms with E-state index in [4.69, 9.17) is 23.2 Å². The summed E-state index contributed by atoms with van der Waals surface area (Å²) >= 11 is 17.6. The molecule has 3 heterocycles. The number of thioether (sulfide) groups is 1. The normalized spacial score (nSPS) is 19.9. The Morgan fingerprint density at radius 1 is 0.925 bits per heavy atom. The molecule has 3 aromatic carbocycles. The van der Waals surface area contributed by atoms with Crippen LogP contribution in [-0.2, 0) is 20.9 Å². The first kappa shape index (κ1) is 27.3. The summed E-state index contributed by atoms with van der Waals surface area (Å²) in [5.74, 6) is -2.32. The first-order valence-corrected chi connectivity index (χ1v) is 15.3. The Bertz CT molecular complexity index is 1730. The van der Waals surface area contributed by atoms with Gasteiger partial charge in [0.25, 0.3) is 0 Å². The fraction of sp³-hybridized carbons (Fsp3) is 0.143. The molecule has 0 saturated carbocycles. The molecule has 2 aliphatic heterocycles. The number of rotatable bonds is 5. The Kier molecular flexibility index (Phi) is 7.39. The highest BCUT2D eigenvalue weighted by Gasteiger charge is 2.56. The van der Waals surface area contributed by atoms with Gasteiger partial charge in [0.15, 0.2) is 0 Å². The van der Waals surface area contributed by atoms with Gasteiger partial charge in [-0.3, -0.25) is 23.7 Å². The molecule has 1 saturated heterocycles. The van der Waals surface area contributed by atoms with Gasteiger partial charge in [-0.15, -0.1) is 0 Å². The second-order valence-corrected chi connectivity index (χ2v) is 13.1. The Balaban J connectivity index is 1.39. The molecule has 7 nitrogen and oxygen atoms in total. The van der Waals surface area contributed by atoms with E-state index in [1.54, 1.807) is 36.4 Å². The molecule has 2 aliphatic rings. The smallest absolute Gasteiger partial charge is 0.308 e. The summed E-state index contributed by atoms with van der Waals surface area (Å²) in [6, 6.07) is 21.1. The van der Waals surface area contributed by atoms with Gasteiger partial charge in [-0.25, -0.2) is 4.90 Å². The predicted molar refractivity (Wildman–Crippen MR) is 162 cm³/mol. The second-order valence-electron chi connectivity index (χ2n) is 9.24. The number of carbonyl (C=O) groups is 3. The number of nitrogens with zero attached hydrogens (tertiary/aromatic N) is 2. The van der Waals surface area contributed by atoms with Crippen LogP contribution in [0.4, 0.5) is 11.4 Å². The summed E-state index contributed by atoms with van der Waals surface area (Å²) in [4.78, 5) is 55.4. The van der Waals surface area contributed by atoms with E-state index in [1.165, 1.54) is 27.3 Å². The van der Waals surface area contributed by atoms with Gasteiger partial charge >= 0.3 is 4.87 Å². The molecule has 40 heavy (non-hydrogen) atoms. The van der Waals surface area contributed by atoms with Gasteiger partial charge < -0.3 is 5.32 Å². The minimum atomic E-state index is -0.757. The number of hydrogen-bond acceptors (Lipinski definition) is 6. The van der Waals surface area contributed by atoms with Gasteiger partial charge in [0.2, 0.25) is 17.7 Å². The number of anilines is 2. The number of thiazole rings is 1. The minimum absolute atomic E-state index is 0.268. The monoisotopic (exact) mass is 673 g/mol. The number of hydrogen-bond donors (Lipinski definition) is 1. The number of amides is 3. The number of aromatic nitrogens is 1. The molecule has 3 amide bonds. The lowest BCUT2D eigenvalue weighted by Gasteiger charge is -2.30. The highest BCUT2D eigenvalue weighted by atomic mass is 79.9. The number of halogens is 3. The van der Waals surface area contributed by atoms with Crippen LogP contribution in [-0.4, -0.2) is 27.5 Å². The van der Waals surface area contributed by atoms with Crippen LogP contribution >= 0.6 is 62.2 Å². The average molecular weight is 675 g/mol. The van der Waals surface area contributed by atoms with Crippen LogP contribution < -0.4 is 15.1 Å². The molecule has 0 aliphatic carbocycles. The molecule has 0 radical (unpaired) electrons. The number of nitrogens with one attached hydrogen (secondary N) is 1. The Morgan fingerprint density at radius 2 is 1.65 bits per heavy atom. The first-order chi connectivity index (χ1) is 19.2. The molecular weight excluding hydrogens is 657 g/mol. The van der Waals surface area contributed by atoms with E-state index in [0.29, 0.717) is 26.3 Å². The maximum Gasteiger partial charge on any atom is 0.308 e. The number of imide groups is 1. The quantitative estimate of drug-likeness (QED) is 0.247. The standard InChI is InChI=1S/C28H18BrCl2N3O4S2/c29-15-6-9-17(10-7-15)34-25(36)22-21(14-4-2-1-3-5-14)24-27(39-23(22)26(34)37)33(28(38)40-24)13-20(35)32-16-8-11-18(30)19(31)12-16/h1-12,21-23H,13H2,(H,32,35)/t21-,22-,23+/m0/s1. The number of fused-ring (bicyclic) bond motifs is 2. The second kappa shape index (κ2) is 10.8. The third-order valence-corrected chi connectivity index (χ3v) is 10.7. The Labute approximate surface area is 255 Å². The van der Waals surface area contributed by atoms with Crippen LogP contribution in [0.1, 0.15) is 16.4 Å². The molecule has 12 heteroatoms. The van der Waals surface area contributed by atoms with Crippen LogP contribution in [0.25, 0.3) is 0 Å².